The van der Waals surface area contributed by atoms with E-state index in [1.54, 1.807) is 36.4 Å². The molecule has 0 bridgehead atoms. The summed E-state index contributed by atoms with van der Waals surface area (Å²) in [5.41, 5.74) is 0.654. The van der Waals surface area contributed by atoms with E-state index in [1.807, 2.05) is 6.92 Å². The summed E-state index contributed by atoms with van der Waals surface area (Å²) in [5, 5.41) is 10.3. The van der Waals surface area contributed by atoms with E-state index in [0.29, 0.717) is 29.4 Å². The van der Waals surface area contributed by atoms with Gasteiger partial charge in [-0.1, -0.05) is 19.1 Å². The molecule has 0 unspecified atom stereocenters. The Morgan fingerprint density at radius 2 is 1.61 bits per heavy atom. The molecule has 0 spiro atoms. The lowest BCUT2D eigenvalue weighted by Crippen LogP contribution is -2.31. The maximum atomic E-state index is 12.9. The number of methoxy groups -OCH3 is 2. The zero-order chi connectivity index (χ0) is 20.3. The van der Waals surface area contributed by atoms with E-state index in [1.165, 1.54) is 20.3 Å². The lowest BCUT2D eigenvalue weighted by Gasteiger charge is -2.17. The van der Waals surface area contributed by atoms with Crippen molar-refractivity contribution >= 4 is 23.1 Å². The van der Waals surface area contributed by atoms with Gasteiger partial charge in [-0.3, -0.25) is 9.59 Å². The Morgan fingerprint density at radius 3 is 2.21 bits per heavy atom. The Balaban J connectivity index is 1.92. The second-order valence-electron chi connectivity index (χ2n) is 6.08. The predicted octanol–water partition coefficient (Wildman–Crippen LogP) is 3.34. The molecule has 7 nitrogen and oxygen atoms in total. The van der Waals surface area contributed by atoms with Crippen molar-refractivity contribution in [3.05, 3.63) is 53.8 Å². The number of rotatable bonds is 7. The van der Waals surface area contributed by atoms with E-state index in [0.717, 1.165) is 11.3 Å². The summed E-state index contributed by atoms with van der Waals surface area (Å²) in [6, 6.07) is 11.3. The largest absolute Gasteiger partial charge is 0.502 e. The molecule has 28 heavy (non-hydrogen) atoms. The number of hydrogen-bond donors (Lipinski definition) is 1. The minimum absolute atomic E-state index is 0.0539. The molecule has 0 radical (unpaired) electrons. The number of aliphatic hydroxyl groups is 1. The van der Waals surface area contributed by atoms with Crippen molar-refractivity contribution in [1.29, 1.82) is 0 Å². The van der Waals surface area contributed by atoms with Crippen molar-refractivity contribution in [3.63, 3.8) is 0 Å². The van der Waals surface area contributed by atoms with Gasteiger partial charge in [0.05, 0.1) is 32.1 Å². The predicted molar refractivity (Wildman–Crippen MR) is 104 cm³/mol. The Labute approximate surface area is 162 Å². The van der Waals surface area contributed by atoms with Crippen molar-refractivity contribution in [2.75, 3.05) is 25.7 Å². The van der Waals surface area contributed by atoms with Crippen LogP contribution in [0.15, 0.2) is 48.2 Å². The fourth-order valence-electron chi connectivity index (χ4n) is 2.91. The highest BCUT2D eigenvalue weighted by Gasteiger charge is 2.40. The van der Waals surface area contributed by atoms with Crippen LogP contribution in [0.4, 0.5) is 5.69 Å². The minimum atomic E-state index is -0.793. The molecule has 0 saturated carbocycles. The first-order valence-corrected chi connectivity index (χ1v) is 8.79. The summed E-state index contributed by atoms with van der Waals surface area (Å²) in [4.78, 5) is 26.4. The zero-order valence-electron chi connectivity index (χ0n) is 15.9. The molecule has 0 aliphatic carbocycles. The van der Waals surface area contributed by atoms with E-state index < -0.39 is 17.6 Å². The molecule has 146 valence electrons. The fraction of sp³-hybridized carbons (Fsp3) is 0.238. The van der Waals surface area contributed by atoms with Crippen LogP contribution in [0.3, 0.4) is 0 Å². The standard InChI is InChI=1S/C21H21NO6/c1-4-11-28-15-8-5-13(6-9-15)18-19(23)21(25)22(20(18)24)14-7-10-16(26-2)17(12-14)27-3/h5-10,12,23H,4,11H2,1-3H3. The highest BCUT2D eigenvalue weighted by molar-refractivity contribution is 6.44. The molecule has 1 aliphatic heterocycles. The third kappa shape index (κ3) is 3.38. The van der Waals surface area contributed by atoms with Crippen LogP contribution in [-0.2, 0) is 9.59 Å². The Bertz CT molecular complexity index is 932. The lowest BCUT2D eigenvalue weighted by molar-refractivity contribution is -0.121. The number of benzene rings is 2. The Kier molecular flexibility index (Phi) is 5.54. The molecule has 1 N–H and O–H groups in total. The van der Waals surface area contributed by atoms with Gasteiger partial charge >= 0.3 is 5.91 Å². The van der Waals surface area contributed by atoms with Gasteiger partial charge in [0.1, 0.15) is 5.75 Å². The third-order valence-electron chi connectivity index (χ3n) is 4.30. The average Bonchev–Trinajstić information content (AvgIpc) is 2.94. The summed E-state index contributed by atoms with van der Waals surface area (Å²) in [5.74, 6) is -0.520. The average molecular weight is 383 g/mol. The van der Waals surface area contributed by atoms with Crippen LogP contribution in [0, 0.1) is 0 Å². The van der Waals surface area contributed by atoms with E-state index in [2.05, 4.69) is 0 Å². The quantitative estimate of drug-likeness (QED) is 0.738. The van der Waals surface area contributed by atoms with Gasteiger partial charge in [0, 0.05) is 6.07 Å². The fourth-order valence-corrected chi connectivity index (χ4v) is 2.91. The number of aliphatic hydroxyl groups excluding tert-OH is 1. The van der Waals surface area contributed by atoms with Crippen molar-refractivity contribution in [2.45, 2.75) is 13.3 Å². The van der Waals surface area contributed by atoms with Crippen LogP contribution in [0.2, 0.25) is 0 Å². The molecular weight excluding hydrogens is 362 g/mol. The van der Waals surface area contributed by atoms with Crippen LogP contribution in [0.25, 0.3) is 5.57 Å². The normalized spacial score (nSPS) is 13.9. The molecule has 0 atom stereocenters. The van der Waals surface area contributed by atoms with Crippen molar-refractivity contribution in [1.82, 2.24) is 0 Å². The van der Waals surface area contributed by atoms with Gasteiger partial charge < -0.3 is 19.3 Å². The summed E-state index contributed by atoms with van der Waals surface area (Å²) < 4.78 is 15.9. The molecule has 0 fully saturated rings. The molecule has 3 rings (SSSR count). The highest BCUT2D eigenvalue weighted by atomic mass is 16.5. The van der Waals surface area contributed by atoms with Crippen LogP contribution >= 0.6 is 0 Å². The molecule has 2 aromatic rings. The number of amides is 2. The monoisotopic (exact) mass is 383 g/mol. The summed E-state index contributed by atoms with van der Waals surface area (Å²) in [6.07, 6.45) is 0.876. The van der Waals surface area contributed by atoms with E-state index >= 15 is 0 Å². The second kappa shape index (κ2) is 8.04. The molecule has 7 heteroatoms. The first-order chi connectivity index (χ1) is 13.5. The van der Waals surface area contributed by atoms with Crippen molar-refractivity contribution in [3.8, 4) is 17.2 Å². The molecule has 0 aromatic heterocycles. The zero-order valence-corrected chi connectivity index (χ0v) is 15.9. The number of imide groups is 1. The lowest BCUT2D eigenvalue weighted by atomic mass is 10.1. The van der Waals surface area contributed by atoms with Gasteiger partial charge in [-0.15, -0.1) is 0 Å². The van der Waals surface area contributed by atoms with Gasteiger partial charge in [0.25, 0.3) is 5.91 Å². The SMILES string of the molecule is CCCOc1ccc(C2=C(O)C(=O)N(c3ccc(OC)c(OC)c3)C2=O)cc1. The number of carbonyl (C=O) groups is 2. The minimum Gasteiger partial charge on any atom is -0.502 e. The maximum absolute atomic E-state index is 12.9. The number of nitrogens with zero attached hydrogens (tertiary/aromatic N) is 1. The molecule has 2 aromatic carbocycles. The third-order valence-corrected chi connectivity index (χ3v) is 4.30. The van der Waals surface area contributed by atoms with E-state index in [9.17, 15) is 14.7 Å². The number of ether oxygens (including phenoxy) is 3. The number of anilines is 1. The first-order valence-electron chi connectivity index (χ1n) is 8.79. The molecule has 1 aliphatic rings. The maximum Gasteiger partial charge on any atom is 0.301 e. The van der Waals surface area contributed by atoms with Crippen LogP contribution in [-0.4, -0.2) is 37.7 Å². The first kappa shape index (κ1) is 19.3. The van der Waals surface area contributed by atoms with Gasteiger partial charge in [0.2, 0.25) is 0 Å². The topological polar surface area (TPSA) is 85.3 Å². The number of carbonyl (C=O) groups excluding carboxylic acids is 2. The van der Waals surface area contributed by atoms with Crippen LogP contribution in [0.5, 0.6) is 17.2 Å². The molecule has 0 saturated heterocycles. The highest BCUT2D eigenvalue weighted by Crippen LogP contribution is 2.36. The molecular formula is C21H21NO6. The second-order valence-corrected chi connectivity index (χ2v) is 6.08. The Hall–Kier alpha value is -3.48. The Morgan fingerprint density at radius 1 is 0.929 bits per heavy atom. The summed E-state index contributed by atoms with van der Waals surface area (Å²) in [6.45, 7) is 2.58. The van der Waals surface area contributed by atoms with Gasteiger partial charge in [-0.2, -0.15) is 0 Å². The van der Waals surface area contributed by atoms with E-state index in [-0.39, 0.29) is 11.3 Å². The number of hydrogen-bond acceptors (Lipinski definition) is 6. The van der Waals surface area contributed by atoms with Crippen LogP contribution < -0.4 is 19.1 Å². The van der Waals surface area contributed by atoms with Gasteiger partial charge in [0.15, 0.2) is 17.3 Å². The molecule has 1 heterocycles. The van der Waals surface area contributed by atoms with Crippen LogP contribution in [0.1, 0.15) is 18.9 Å². The van der Waals surface area contributed by atoms with Gasteiger partial charge in [-0.25, -0.2) is 4.90 Å². The summed E-state index contributed by atoms with van der Waals surface area (Å²) >= 11 is 0. The van der Waals surface area contributed by atoms with Crippen molar-refractivity contribution in [2.24, 2.45) is 0 Å². The smallest absolute Gasteiger partial charge is 0.301 e. The molecule has 2 amide bonds. The van der Waals surface area contributed by atoms with E-state index in [4.69, 9.17) is 14.2 Å². The summed E-state index contributed by atoms with van der Waals surface area (Å²) in [7, 11) is 2.95. The van der Waals surface area contributed by atoms with Crippen molar-refractivity contribution < 1.29 is 28.9 Å². The van der Waals surface area contributed by atoms with Gasteiger partial charge in [-0.05, 0) is 36.2 Å².